The Kier molecular flexibility index (Phi) is 12.9. The van der Waals surface area contributed by atoms with Crippen LogP contribution in [0.3, 0.4) is 0 Å². The standard InChI is InChI=1S/C8H10.C2H9B3.Fe/c1-7-5-3-4-6-8(7)2;1-2-4-5-3;/h3-6H,1-2H3;4-5H,2-3H2,1H3;. The van der Waals surface area contributed by atoms with Crippen molar-refractivity contribution < 1.29 is 17.1 Å². The fourth-order valence-electron chi connectivity index (χ4n) is 1.02. The zero-order chi connectivity index (χ0) is 10.1. The minimum atomic E-state index is 0. The summed E-state index contributed by atoms with van der Waals surface area (Å²) in [5.74, 6) is 0. The third-order valence-corrected chi connectivity index (χ3v) is 2.13. The summed E-state index contributed by atoms with van der Waals surface area (Å²) in [5.41, 5.74) is 2.74. The van der Waals surface area contributed by atoms with Crippen LogP contribution in [0.1, 0.15) is 18.1 Å². The van der Waals surface area contributed by atoms with Gasteiger partial charge in [0.05, 0.1) is 22.0 Å². The molecule has 0 amide bonds. The van der Waals surface area contributed by atoms with E-state index >= 15 is 0 Å². The smallest absolute Gasteiger partial charge is 0.0776 e. The molecule has 0 spiro atoms. The van der Waals surface area contributed by atoms with Crippen molar-refractivity contribution in [1.29, 1.82) is 0 Å². The van der Waals surface area contributed by atoms with Gasteiger partial charge in [-0.15, -0.1) is 0 Å². The molecule has 0 saturated heterocycles. The molecule has 76 valence electrons. The van der Waals surface area contributed by atoms with E-state index in [4.69, 9.17) is 0 Å². The van der Waals surface area contributed by atoms with E-state index in [0.717, 1.165) is 0 Å². The summed E-state index contributed by atoms with van der Waals surface area (Å²) < 4.78 is 0. The first-order chi connectivity index (χ1) is 6.22. The molecular formula is C10H19B3Fe. The second-order valence-corrected chi connectivity index (χ2v) is 3.44. The van der Waals surface area contributed by atoms with Gasteiger partial charge in [-0.2, -0.15) is 0 Å². The zero-order valence-electron chi connectivity index (χ0n) is 9.78. The maximum absolute atomic E-state index is 2.21. The maximum atomic E-state index is 2.21. The van der Waals surface area contributed by atoms with Crippen LogP contribution < -0.4 is 0 Å². The van der Waals surface area contributed by atoms with E-state index < -0.39 is 0 Å². The summed E-state index contributed by atoms with van der Waals surface area (Å²) in [5, 5.41) is 0. The van der Waals surface area contributed by atoms with E-state index in [1.54, 1.807) is 0 Å². The Morgan fingerprint density at radius 1 is 1.14 bits per heavy atom. The van der Waals surface area contributed by atoms with Crippen molar-refractivity contribution >= 4 is 22.0 Å². The molecule has 0 atom stereocenters. The van der Waals surface area contributed by atoms with Crippen molar-refractivity contribution in [1.82, 2.24) is 0 Å². The summed E-state index contributed by atoms with van der Waals surface area (Å²) in [6.45, 7) is 6.45. The van der Waals surface area contributed by atoms with Gasteiger partial charge in [0.1, 0.15) is 0 Å². The van der Waals surface area contributed by atoms with Crippen LogP contribution in [0.4, 0.5) is 0 Å². The molecule has 0 unspecified atom stereocenters. The van der Waals surface area contributed by atoms with Gasteiger partial charge in [-0.05, 0) is 25.0 Å². The molecule has 0 aliphatic rings. The first kappa shape index (κ1) is 16.4. The van der Waals surface area contributed by atoms with Gasteiger partial charge in [0.2, 0.25) is 0 Å². The summed E-state index contributed by atoms with van der Waals surface area (Å²) >= 11 is 0. The molecule has 0 saturated carbocycles. The molecular weight excluding hydrogens is 208 g/mol. The average Bonchev–Trinajstić information content (AvgIpc) is 2.13. The Bertz CT molecular complexity index is 205. The number of hydrogen-bond donors (Lipinski definition) is 0. The monoisotopic (exact) mass is 228 g/mol. The van der Waals surface area contributed by atoms with Crippen molar-refractivity contribution in [2.24, 2.45) is 0 Å². The average molecular weight is 228 g/mol. The second kappa shape index (κ2) is 11.0. The van der Waals surface area contributed by atoms with E-state index in [2.05, 4.69) is 52.8 Å². The predicted octanol–water partition coefficient (Wildman–Crippen LogP) is 1.06. The Balaban J connectivity index is 0. The van der Waals surface area contributed by atoms with Crippen LogP contribution in [-0.4, -0.2) is 22.0 Å². The van der Waals surface area contributed by atoms with Gasteiger partial charge in [0.25, 0.3) is 0 Å². The normalized spacial score (nSPS) is 7.64. The van der Waals surface area contributed by atoms with Gasteiger partial charge in [-0.25, -0.2) is 0 Å². The molecule has 0 bridgehead atoms. The molecule has 1 aromatic rings. The number of benzene rings is 1. The fourth-order valence-corrected chi connectivity index (χ4v) is 1.02. The summed E-state index contributed by atoms with van der Waals surface area (Å²) in [6.07, 6.45) is 1.34. The number of aryl methyl sites for hydroxylation is 2. The topological polar surface area (TPSA) is 0 Å². The first-order valence-electron chi connectivity index (χ1n) is 5.24. The Hall–Kier alpha value is -0.0657. The summed E-state index contributed by atoms with van der Waals surface area (Å²) in [7, 11) is 4.94. The largest absolute Gasteiger partial charge is 0.0881 e. The molecule has 0 radical (unpaired) electrons. The Morgan fingerprint density at radius 2 is 1.57 bits per heavy atom. The zero-order valence-corrected chi connectivity index (χ0v) is 10.9. The predicted molar refractivity (Wildman–Crippen MR) is 69.2 cm³/mol. The van der Waals surface area contributed by atoms with Crippen molar-refractivity contribution in [3.8, 4) is 0 Å². The summed E-state index contributed by atoms with van der Waals surface area (Å²) in [6, 6.07) is 8.36. The number of hydrogen-bond acceptors (Lipinski definition) is 0. The minimum Gasteiger partial charge on any atom is -0.0881 e. The van der Waals surface area contributed by atoms with Crippen LogP contribution in [0, 0.1) is 13.8 Å². The number of rotatable bonds is 2. The molecule has 4 heteroatoms. The van der Waals surface area contributed by atoms with Crippen LogP contribution in [0.25, 0.3) is 0 Å². The maximum Gasteiger partial charge on any atom is 0.0776 e. The van der Waals surface area contributed by atoms with Crippen molar-refractivity contribution in [2.75, 3.05) is 0 Å². The fraction of sp³-hybridized carbons (Fsp3) is 0.400. The van der Waals surface area contributed by atoms with Gasteiger partial charge in [-0.1, -0.05) is 37.5 Å². The molecule has 0 fully saturated rings. The SMILES string of the molecule is BBBCC.Cc1ccccc1C.[Fe]. The Morgan fingerprint density at radius 3 is 1.71 bits per heavy atom. The van der Waals surface area contributed by atoms with Crippen LogP contribution >= 0.6 is 0 Å². The van der Waals surface area contributed by atoms with E-state index in [9.17, 15) is 0 Å². The van der Waals surface area contributed by atoms with Gasteiger partial charge in [-0.3, -0.25) is 0 Å². The van der Waals surface area contributed by atoms with Crippen LogP contribution in [0.5, 0.6) is 0 Å². The van der Waals surface area contributed by atoms with E-state index in [-0.39, 0.29) is 17.1 Å². The Labute approximate surface area is 102 Å². The quantitative estimate of drug-likeness (QED) is 0.663. The van der Waals surface area contributed by atoms with Crippen LogP contribution in [0.15, 0.2) is 24.3 Å². The molecule has 0 heterocycles. The van der Waals surface area contributed by atoms with E-state index in [1.807, 2.05) is 0 Å². The molecule has 0 aliphatic carbocycles. The van der Waals surface area contributed by atoms with Crippen molar-refractivity contribution in [2.45, 2.75) is 27.1 Å². The van der Waals surface area contributed by atoms with Gasteiger partial charge < -0.3 is 0 Å². The van der Waals surface area contributed by atoms with Gasteiger partial charge in [0, 0.05) is 17.1 Å². The molecule has 1 aromatic carbocycles. The van der Waals surface area contributed by atoms with E-state index in [1.165, 1.54) is 31.7 Å². The molecule has 14 heavy (non-hydrogen) atoms. The second-order valence-electron chi connectivity index (χ2n) is 3.44. The van der Waals surface area contributed by atoms with Crippen molar-refractivity contribution in [3.05, 3.63) is 35.4 Å². The van der Waals surface area contributed by atoms with E-state index in [0.29, 0.717) is 0 Å². The van der Waals surface area contributed by atoms with Gasteiger partial charge >= 0.3 is 0 Å². The van der Waals surface area contributed by atoms with Crippen LogP contribution in [-0.2, 0) is 17.1 Å². The first-order valence-corrected chi connectivity index (χ1v) is 5.24. The minimum absolute atomic E-state index is 0. The molecule has 0 aliphatic heterocycles. The molecule has 0 N–H and O–H groups in total. The molecule has 1 rings (SSSR count). The summed E-state index contributed by atoms with van der Waals surface area (Å²) in [4.78, 5) is 0. The van der Waals surface area contributed by atoms with Crippen LogP contribution in [0.2, 0.25) is 6.32 Å². The molecule has 0 aromatic heterocycles. The third kappa shape index (κ3) is 8.53. The molecule has 0 nitrogen and oxygen atoms in total. The van der Waals surface area contributed by atoms with Gasteiger partial charge in [0.15, 0.2) is 0 Å². The van der Waals surface area contributed by atoms with Crippen molar-refractivity contribution in [3.63, 3.8) is 0 Å². The third-order valence-electron chi connectivity index (χ3n) is 2.13.